The quantitative estimate of drug-likeness (QED) is 0.586. The number of nitriles is 1. The molecule has 0 saturated heterocycles. The summed E-state index contributed by atoms with van der Waals surface area (Å²) in [5.74, 6) is -0.263. The van der Waals surface area contributed by atoms with Crippen molar-refractivity contribution in [1.82, 2.24) is 9.80 Å². The zero-order chi connectivity index (χ0) is 20.9. The van der Waals surface area contributed by atoms with Crippen molar-refractivity contribution in [3.05, 3.63) is 40.5 Å². The monoisotopic (exact) mass is 383 g/mol. The van der Waals surface area contributed by atoms with E-state index in [0.29, 0.717) is 26.2 Å². The average Bonchev–Trinajstić information content (AvgIpc) is 2.64. The highest BCUT2D eigenvalue weighted by molar-refractivity contribution is 6.01. The predicted molar refractivity (Wildman–Crippen MR) is 108 cm³/mol. The van der Waals surface area contributed by atoms with Gasteiger partial charge in [-0.3, -0.25) is 4.79 Å². The van der Waals surface area contributed by atoms with E-state index < -0.39 is 5.60 Å². The summed E-state index contributed by atoms with van der Waals surface area (Å²) in [6.07, 6.45) is 2.05. The molecule has 1 aliphatic heterocycles. The van der Waals surface area contributed by atoms with E-state index in [2.05, 4.69) is 0 Å². The van der Waals surface area contributed by atoms with Gasteiger partial charge in [-0.05, 0) is 69.9 Å². The lowest BCUT2D eigenvalue weighted by Crippen LogP contribution is -2.39. The first-order valence-corrected chi connectivity index (χ1v) is 9.69. The lowest BCUT2D eigenvalue weighted by molar-refractivity contribution is -0.126. The van der Waals surface area contributed by atoms with Crippen LogP contribution in [0.1, 0.15) is 51.3 Å². The Morgan fingerprint density at radius 2 is 1.93 bits per heavy atom. The number of benzene rings is 1. The van der Waals surface area contributed by atoms with Gasteiger partial charge in [-0.25, -0.2) is 4.79 Å². The van der Waals surface area contributed by atoms with Crippen molar-refractivity contribution in [2.75, 3.05) is 19.6 Å². The molecule has 0 saturated carbocycles. The van der Waals surface area contributed by atoms with E-state index >= 15 is 0 Å². The molecule has 0 aromatic heterocycles. The van der Waals surface area contributed by atoms with Crippen molar-refractivity contribution in [3.63, 3.8) is 0 Å². The molecule has 150 valence electrons. The minimum absolute atomic E-state index is 0.114. The lowest BCUT2D eigenvalue weighted by Gasteiger charge is -2.31. The summed E-state index contributed by atoms with van der Waals surface area (Å²) < 4.78 is 5.47. The summed E-state index contributed by atoms with van der Waals surface area (Å²) in [6.45, 7) is 11.5. The van der Waals surface area contributed by atoms with Gasteiger partial charge in [-0.1, -0.05) is 12.1 Å². The second kappa shape index (κ2) is 8.92. The minimum atomic E-state index is -0.533. The van der Waals surface area contributed by atoms with Crippen LogP contribution in [-0.2, 0) is 22.5 Å². The lowest BCUT2D eigenvalue weighted by atomic mass is 9.96. The number of carbonyl (C=O) groups is 2. The van der Waals surface area contributed by atoms with Crippen molar-refractivity contribution < 1.29 is 14.3 Å². The van der Waals surface area contributed by atoms with Crippen molar-refractivity contribution in [1.29, 1.82) is 5.26 Å². The number of hydrogen-bond donors (Lipinski definition) is 0. The molecule has 1 aliphatic rings. The van der Waals surface area contributed by atoms with Crippen molar-refractivity contribution in [2.24, 2.45) is 0 Å². The molecular weight excluding hydrogens is 354 g/mol. The molecule has 1 aromatic rings. The van der Waals surface area contributed by atoms with Crippen LogP contribution in [0, 0.1) is 11.3 Å². The van der Waals surface area contributed by atoms with Crippen LogP contribution in [0.15, 0.2) is 23.8 Å². The first kappa shape index (κ1) is 21.5. The molecule has 0 bridgehead atoms. The Hall–Kier alpha value is -2.81. The zero-order valence-corrected chi connectivity index (χ0v) is 17.4. The van der Waals surface area contributed by atoms with Crippen LogP contribution in [-0.4, -0.2) is 47.0 Å². The number of nitrogens with zero attached hydrogens (tertiary/aromatic N) is 3. The number of likely N-dealkylation sites (N-methyl/N-ethyl adjacent to an activating group) is 1. The van der Waals surface area contributed by atoms with E-state index in [1.165, 1.54) is 5.56 Å². The number of amides is 2. The van der Waals surface area contributed by atoms with E-state index in [4.69, 9.17) is 4.74 Å². The molecule has 0 fully saturated rings. The summed E-state index contributed by atoms with van der Waals surface area (Å²) in [7, 11) is 0. The zero-order valence-electron chi connectivity index (χ0n) is 17.4. The molecular formula is C22H29N3O3. The van der Waals surface area contributed by atoms with E-state index in [1.54, 1.807) is 15.9 Å². The van der Waals surface area contributed by atoms with Gasteiger partial charge in [0.2, 0.25) is 0 Å². The molecule has 0 atom stereocenters. The molecule has 0 N–H and O–H groups in total. The van der Waals surface area contributed by atoms with Gasteiger partial charge in [0.05, 0.1) is 0 Å². The Morgan fingerprint density at radius 3 is 2.50 bits per heavy atom. The van der Waals surface area contributed by atoms with Gasteiger partial charge >= 0.3 is 6.09 Å². The molecule has 6 nitrogen and oxygen atoms in total. The number of ether oxygens (including phenoxy) is 1. The highest BCUT2D eigenvalue weighted by atomic mass is 16.6. The van der Waals surface area contributed by atoms with Crippen LogP contribution >= 0.6 is 0 Å². The third-order valence-corrected chi connectivity index (χ3v) is 4.61. The third kappa shape index (κ3) is 5.35. The topological polar surface area (TPSA) is 73.6 Å². The molecule has 1 aromatic carbocycles. The van der Waals surface area contributed by atoms with Crippen LogP contribution in [0.2, 0.25) is 0 Å². The minimum Gasteiger partial charge on any atom is -0.444 e. The van der Waals surface area contributed by atoms with Crippen LogP contribution in [0.25, 0.3) is 6.08 Å². The molecule has 1 heterocycles. The van der Waals surface area contributed by atoms with Gasteiger partial charge in [0.15, 0.2) is 0 Å². The maximum Gasteiger partial charge on any atom is 0.410 e. The molecule has 0 unspecified atom stereocenters. The van der Waals surface area contributed by atoms with E-state index in [0.717, 1.165) is 17.5 Å². The highest BCUT2D eigenvalue weighted by Crippen LogP contribution is 2.23. The van der Waals surface area contributed by atoms with E-state index in [1.807, 2.05) is 58.9 Å². The average molecular weight is 383 g/mol. The fourth-order valence-electron chi connectivity index (χ4n) is 3.14. The van der Waals surface area contributed by atoms with Gasteiger partial charge in [-0.2, -0.15) is 5.26 Å². The Kier molecular flexibility index (Phi) is 6.85. The highest BCUT2D eigenvalue weighted by Gasteiger charge is 2.25. The van der Waals surface area contributed by atoms with Crippen LogP contribution in [0.4, 0.5) is 4.79 Å². The number of hydrogen-bond acceptors (Lipinski definition) is 4. The maximum atomic E-state index is 12.5. The summed E-state index contributed by atoms with van der Waals surface area (Å²) in [5, 5.41) is 9.42. The smallest absolute Gasteiger partial charge is 0.410 e. The molecule has 0 aliphatic carbocycles. The standard InChI is InChI=1S/C22H29N3O3/c1-6-24(7-2)20(26)18(14-23)12-16-8-9-17-10-11-25(15-19(17)13-16)21(27)28-22(3,4)5/h8-9,12-13H,6-7,10-11,15H2,1-5H3. The molecule has 2 amide bonds. The number of carbonyl (C=O) groups excluding carboxylic acids is 2. The Balaban J connectivity index is 2.23. The molecule has 6 heteroatoms. The Morgan fingerprint density at radius 1 is 1.25 bits per heavy atom. The molecule has 28 heavy (non-hydrogen) atoms. The predicted octanol–water partition coefficient (Wildman–Crippen LogP) is 3.76. The summed E-state index contributed by atoms with van der Waals surface area (Å²) in [6, 6.07) is 7.88. The first-order chi connectivity index (χ1) is 13.2. The summed E-state index contributed by atoms with van der Waals surface area (Å²) in [5.41, 5.74) is 2.54. The van der Waals surface area contributed by atoms with Crippen molar-refractivity contribution in [3.8, 4) is 6.07 Å². The first-order valence-electron chi connectivity index (χ1n) is 9.69. The van der Waals surface area contributed by atoms with Crippen LogP contribution in [0.3, 0.4) is 0 Å². The van der Waals surface area contributed by atoms with Gasteiger partial charge in [0, 0.05) is 26.2 Å². The number of rotatable bonds is 4. The van der Waals surface area contributed by atoms with Crippen molar-refractivity contribution in [2.45, 2.75) is 53.2 Å². The summed E-state index contributed by atoms with van der Waals surface area (Å²) >= 11 is 0. The van der Waals surface area contributed by atoms with E-state index in [9.17, 15) is 14.9 Å². The van der Waals surface area contributed by atoms with Gasteiger partial charge < -0.3 is 14.5 Å². The SMILES string of the molecule is CCN(CC)C(=O)C(C#N)=Cc1ccc2c(c1)CN(C(=O)OC(C)(C)C)CC2. The number of fused-ring (bicyclic) bond motifs is 1. The van der Waals surface area contributed by atoms with Gasteiger partial charge in [-0.15, -0.1) is 0 Å². The van der Waals surface area contributed by atoms with Gasteiger partial charge in [0.25, 0.3) is 5.91 Å². The largest absolute Gasteiger partial charge is 0.444 e. The van der Waals surface area contributed by atoms with E-state index in [-0.39, 0.29) is 17.6 Å². The molecule has 2 rings (SSSR count). The fourth-order valence-corrected chi connectivity index (χ4v) is 3.14. The fraction of sp³-hybridized carbons (Fsp3) is 0.500. The van der Waals surface area contributed by atoms with Gasteiger partial charge in [0.1, 0.15) is 17.2 Å². The molecule has 0 radical (unpaired) electrons. The molecule has 0 spiro atoms. The van der Waals surface area contributed by atoms with Crippen LogP contribution < -0.4 is 0 Å². The summed E-state index contributed by atoms with van der Waals surface area (Å²) in [4.78, 5) is 28.1. The second-order valence-corrected chi connectivity index (χ2v) is 7.83. The van der Waals surface area contributed by atoms with Crippen molar-refractivity contribution >= 4 is 18.1 Å². The van der Waals surface area contributed by atoms with Crippen LogP contribution in [0.5, 0.6) is 0 Å². The Bertz CT molecular complexity index is 811. The normalized spacial score (nSPS) is 14.1. The third-order valence-electron chi connectivity index (χ3n) is 4.61. The second-order valence-electron chi connectivity index (χ2n) is 7.83. The maximum absolute atomic E-state index is 12.5. The Labute approximate surface area is 167 Å².